The number of rotatable bonds is 12. The normalized spacial score (nSPS) is 33.2. The molecule has 0 amide bonds. The zero-order valence-corrected chi connectivity index (χ0v) is 32.6. The molecule has 0 aromatic heterocycles. The average Bonchev–Trinajstić information content (AvgIpc) is 3.38. The molecule has 0 unspecified atom stereocenters. The molecule has 0 spiro atoms. The Kier molecular flexibility index (Phi) is 11.9. The third kappa shape index (κ3) is 7.70. The van der Waals surface area contributed by atoms with Crippen molar-refractivity contribution in [1.82, 2.24) is 0 Å². The van der Waals surface area contributed by atoms with Crippen LogP contribution >= 0.6 is 0 Å². The number of fused-ring (bicyclic) bond motifs is 5. The van der Waals surface area contributed by atoms with Gasteiger partial charge in [-0.1, -0.05) is 51.0 Å². The highest BCUT2D eigenvalue weighted by molar-refractivity contribution is 6.70. The van der Waals surface area contributed by atoms with Crippen molar-refractivity contribution in [3.63, 3.8) is 0 Å². The SMILES string of the molecule is CC[C@H](/C=C(\O[Si](C)(C)C)C(C)(C)OCOC)[C@H](C)[C@H]1CC[C@H]2C3=CC=C4C[C@@H](OC(=O)OC)C[C@H](OC(=O)OC)[C@]4(C)[C@H]3CC[C@]12C. The summed E-state index contributed by atoms with van der Waals surface area (Å²) in [6.45, 7) is 20.5. The summed E-state index contributed by atoms with van der Waals surface area (Å²) in [6.07, 6.45) is 11.0. The van der Waals surface area contributed by atoms with Gasteiger partial charge in [0.25, 0.3) is 0 Å². The third-order valence-electron chi connectivity index (χ3n) is 12.2. The quantitative estimate of drug-likeness (QED) is 0.0859. The van der Waals surface area contributed by atoms with E-state index in [4.69, 9.17) is 32.8 Å². The molecule has 0 saturated heterocycles. The predicted octanol–water partition coefficient (Wildman–Crippen LogP) is 9.20. The first-order chi connectivity index (χ1) is 22.4. The van der Waals surface area contributed by atoms with Gasteiger partial charge in [-0.2, -0.15) is 0 Å². The minimum atomic E-state index is -1.90. The Bertz CT molecular complexity index is 1260. The van der Waals surface area contributed by atoms with Gasteiger partial charge in [0.1, 0.15) is 30.4 Å². The lowest BCUT2D eigenvalue weighted by Gasteiger charge is -2.57. The number of hydrogen-bond donors (Lipinski definition) is 0. The van der Waals surface area contributed by atoms with E-state index in [2.05, 4.69) is 79.4 Å². The van der Waals surface area contributed by atoms with E-state index in [1.54, 1.807) is 7.11 Å². The second-order valence-corrected chi connectivity index (χ2v) is 20.8. The fraction of sp³-hybridized carbons (Fsp3) is 0.789. The Morgan fingerprint density at radius 2 is 1.67 bits per heavy atom. The van der Waals surface area contributed by atoms with Gasteiger partial charge in [-0.05, 0) is 107 Å². The number of methoxy groups -OCH3 is 3. The maximum absolute atomic E-state index is 12.5. The van der Waals surface area contributed by atoms with Crippen LogP contribution in [0.15, 0.2) is 35.1 Å². The van der Waals surface area contributed by atoms with Gasteiger partial charge in [-0.25, -0.2) is 9.59 Å². The number of hydrogen-bond acceptors (Lipinski definition) is 9. The zero-order chi connectivity index (χ0) is 35.7. The van der Waals surface area contributed by atoms with E-state index >= 15 is 0 Å². The van der Waals surface area contributed by atoms with Crippen molar-refractivity contribution in [2.45, 2.75) is 124 Å². The molecule has 0 bridgehead atoms. The molecule has 0 aromatic rings. The molecule has 3 saturated carbocycles. The van der Waals surface area contributed by atoms with Crippen molar-refractivity contribution in [3.05, 3.63) is 35.1 Å². The van der Waals surface area contributed by atoms with Gasteiger partial charge in [-0.15, -0.1) is 0 Å². The minimum Gasteiger partial charge on any atom is -0.545 e. The molecule has 0 aliphatic heterocycles. The largest absolute Gasteiger partial charge is 0.545 e. The van der Waals surface area contributed by atoms with E-state index in [0.29, 0.717) is 36.5 Å². The number of ether oxygens (including phenoxy) is 6. The summed E-state index contributed by atoms with van der Waals surface area (Å²) in [5.74, 6) is 2.94. The van der Waals surface area contributed by atoms with Crippen molar-refractivity contribution >= 4 is 20.6 Å². The topological polar surface area (TPSA) is 98.8 Å². The lowest BCUT2D eigenvalue weighted by Crippen LogP contribution is -2.54. The number of carbonyl (C=O) groups is 2. The van der Waals surface area contributed by atoms with Crippen LogP contribution in [0.3, 0.4) is 0 Å². The number of allylic oxidation sites excluding steroid dienone is 4. The first-order valence-corrected chi connectivity index (χ1v) is 21.3. The molecule has 9 nitrogen and oxygen atoms in total. The number of carbonyl (C=O) groups excluding carboxylic acids is 2. The van der Waals surface area contributed by atoms with Crippen molar-refractivity contribution < 1.29 is 42.4 Å². The van der Waals surface area contributed by atoms with Crippen LogP contribution in [0.2, 0.25) is 19.6 Å². The second-order valence-electron chi connectivity index (χ2n) is 16.4. The van der Waals surface area contributed by atoms with E-state index in [-0.39, 0.29) is 18.1 Å². The summed E-state index contributed by atoms with van der Waals surface area (Å²) in [4.78, 5) is 24.5. The molecule has 0 aromatic carbocycles. The molecule has 4 aliphatic carbocycles. The second kappa shape index (κ2) is 14.9. The van der Waals surface area contributed by atoms with Gasteiger partial charge in [0.15, 0.2) is 0 Å². The molecule has 4 aliphatic rings. The summed E-state index contributed by atoms with van der Waals surface area (Å²) < 4.78 is 39.4. The molecule has 48 heavy (non-hydrogen) atoms. The smallest absolute Gasteiger partial charge is 0.508 e. The molecule has 3 fully saturated rings. The Labute approximate surface area is 290 Å². The maximum Gasteiger partial charge on any atom is 0.508 e. The first-order valence-electron chi connectivity index (χ1n) is 17.9. The van der Waals surface area contributed by atoms with E-state index in [1.807, 2.05) is 0 Å². The van der Waals surface area contributed by atoms with Crippen LogP contribution in [0.4, 0.5) is 9.59 Å². The Hall–Kier alpha value is -2.30. The molecule has 0 heterocycles. The van der Waals surface area contributed by atoms with Crippen LogP contribution < -0.4 is 0 Å². The van der Waals surface area contributed by atoms with Crippen molar-refractivity contribution in [1.29, 1.82) is 0 Å². The average molecular weight is 691 g/mol. The van der Waals surface area contributed by atoms with Gasteiger partial charge in [0, 0.05) is 25.4 Å². The van der Waals surface area contributed by atoms with E-state index < -0.39 is 43.9 Å². The Morgan fingerprint density at radius 1 is 1.00 bits per heavy atom. The summed E-state index contributed by atoms with van der Waals surface area (Å²) in [5, 5.41) is 0. The minimum absolute atomic E-state index is 0.149. The fourth-order valence-corrected chi connectivity index (χ4v) is 10.6. The van der Waals surface area contributed by atoms with Crippen LogP contribution in [-0.4, -0.2) is 66.6 Å². The predicted molar refractivity (Wildman–Crippen MR) is 188 cm³/mol. The molecule has 4 rings (SSSR count). The van der Waals surface area contributed by atoms with Crippen LogP contribution in [0.25, 0.3) is 0 Å². The van der Waals surface area contributed by atoms with Crippen molar-refractivity contribution in [2.75, 3.05) is 28.1 Å². The van der Waals surface area contributed by atoms with Crippen LogP contribution in [0.1, 0.15) is 86.5 Å². The molecule has 272 valence electrons. The van der Waals surface area contributed by atoms with Crippen molar-refractivity contribution in [2.24, 2.45) is 40.4 Å². The first kappa shape index (κ1) is 38.5. The Morgan fingerprint density at radius 3 is 2.27 bits per heavy atom. The summed E-state index contributed by atoms with van der Waals surface area (Å²) in [5.41, 5.74) is 1.78. The monoisotopic (exact) mass is 690 g/mol. The molecular formula is C38H62O9Si. The van der Waals surface area contributed by atoms with Crippen LogP contribution in [-0.2, 0) is 32.8 Å². The maximum atomic E-state index is 12.5. The molecule has 0 N–H and O–H groups in total. The van der Waals surface area contributed by atoms with Gasteiger partial charge in [0.05, 0.1) is 14.2 Å². The summed E-state index contributed by atoms with van der Waals surface area (Å²) in [6, 6.07) is 0. The Balaban J connectivity index is 1.64. The molecular weight excluding hydrogens is 628 g/mol. The third-order valence-corrected chi connectivity index (χ3v) is 13.0. The summed E-state index contributed by atoms with van der Waals surface area (Å²) >= 11 is 0. The van der Waals surface area contributed by atoms with Crippen LogP contribution in [0.5, 0.6) is 0 Å². The van der Waals surface area contributed by atoms with Gasteiger partial charge in [-0.3, -0.25) is 0 Å². The lowest BCUT2D eigenvalue weighted by atomic mass is 9.49. The molecule has 0 radical (unpaired) electrons. The standard InChI is InChI=1S/C38H62O9Si/c1-13-25(20-32(47-48(10,11)12)36(3,4)44-23-41-7)24(2)29-16-17-30-28-15-14-26-21-27(45-34(39)42-8)22-33(46-35(40)43-9)38(26,6)31(28)18-19-37(29,30)5/h14-15,20,24-25,27,29-31,33H,13,16-19,21-23H2,1-12H3/b32-20-/t24-,25+,27+,29+,30-,31-,33-,37+,38-/m0/s1. The van der Waals surface area contributed by atoms with Crippen LogP contribution in [0, 0.1) is 40.4 Å². The van der Waals surface area contributed by atoms with E-state index in [9.17, 15) is 9.59 Å². The van der Waals surface area contributed by atoms with Gasteiger partial charge >= 0.3 is 12.3 Å². The highest BCUT2D eigenvalue weighted by atomic mass is 28.4. The lowest BCUT2D eigenvalue weighted by molar-refractivity contribution is -0.109. The molecule has 10 heteroatoms. The zero-order valence-electron chi connectivity index (χ0n) is 31.6. The fourth-order valence-electron chi connectivity index (χ4n) is 9.62. The van der Waals surface area contributed by atoms with Gasteiger partial charge < -0.3 is 32.8 Å². The highest BCUT2D eigenvalue weighted by Crippen LogP contribution is 2.67. The summed E-state index contributed by atoms with van der Waals surface area (Å²) in [7, 11) is 2.38. The van der Waals surface area contributed by atoms with Gasteiger partial charge in [0.2, 0.25) is 8.32 Å². The molecule has 9 atom stereocenters. The van der Waals surface area contributed by atoms with E-state index in [0.717, 1.165) is 37.0 Å². The van der Waals surface area contributed by atoms with Crippen molar-refractivity contribution in [3.8, 4) is 0 Å². The van der Waals surface area contributed by atoms with E-state index in [1.165, 1.54) is 26.2 Å². The highest BCUT2D eigenvalue weighted by Gasteiger charge is 2.60.